The molecule has 1 N–H and O–H groups in total. The zero-order valence-electron chi connectivity index (χ0n) is 17.8. The lowest BCUT2D eigenvalue weighted by Gasteiger charge is -2.33. The van der Waals surface area contributed by atoms with Gasteiger partial charge in [-0.1, -0.05) is 30.3 Å². The first-order chi connectivity index (χ1) is 15.1. The van der Waals surface area contributed by atoms with Crippen molar-refractivity contribution in [1.29, 1.82) is 0 Å². The predicted molar refractivity (Wildman–Crippen MR) is 118 cm³/mol. The second kappa shape index (κ2) is 7.73. The van der Waals surface area contributed by atoms with E-state index in [4.69, 9.17) is 9.47 Å². The van der Waals surface area contributed by atoms with Crippen molar-refractivity contribution < 1.29 is 19.1 Å². The van der Waals surface area contributed by atoms with Gasteiger partial charge in [0.1, 0.15) is 0 Å². The van der Waals surface area contributed by atoms with Crippen molar-refractivity contribution in [3.05, 3.63) is 76.0 Å². The van der Waals surface area contributed by atoms with E-state index in [1.807, 2.05) is 56.3 Å². The Morgan fingerprint density at radius 1 is 0.903 bits per heavy atom. The van der Waals surface area contributed by atoms with Crippen LogP contribution in [0.1, 0.15) is 60.5 Å². The van der Waals surface area contributed by atoms with Crippen LogP contribution in [0, 0.1) is 0 Å². The summed E-state index contributed by atoms with van der Waals surface area (Å²) in [5.74, 6) is 0.993. The second-order valence-corrected chi connectivity index (χ2v) is 7.96. The van der Waals surface area contributed by atoms with E-state index >= 15 is 0 Å². The molecule has 5 nitrogen and oxygen atoms in total. The Hall–Kier alpha value is -3.34. The van der Waals surface area contributed by atoms with Gasteiger partial charge in [-0.25, -0.2) is 0 Å². The van der Waals surface area contributed by atoms with E-state index in [1.165, 1.54) is 0 Å². The molecule has 0 radical (unpaired) electrons. The fourth-order valence-electron chi connectivity index (χ4n) is 4.92. The zero-order valence-corrected chi connectivity index (χ0v) is 17.8. The van der Waals surface area contributed by atoms with Crippen LogP contribution in [-0.2, 0) is 4.79 Å². The SMILES string of the molecule is CCOc1ccc(C2C3=C(CCCC3=O)NC3=C2C(=O)c2ccccc23)cc1OCC. The summed E-state index contributed by atoms with van der Waals surface area (Å²) in [7, 11) is 0. The third-order valence-electron chi connectivity index (χ3n) is 6.17. The molecule has 1 atom stereocenters. The van der Waals surface area contributed by atoms with Crippen molar-refractivity contribution in [2.24, 2.45) is 0 Å². The highest BCUT2D eigenvalue weighted by atomic mass is 16.5. The molecule has 2 aromatic carbocycles. The van der Waals surface area contributed by atoms with Gasteiger partial charge in [0, 0.05) is 40.3 Å². The molecule has 0 spiro atoms. The molecule has 1 aliphatic heterocycles. The van der Waals surface area contributed by atoms with Crippen molar-refractivity contribution in [3.8, 4) is 11.5 Å². The number of Topliss-reactive ketones (excluding diaryl/α,β-unsaturated/α-hetero) is 2. The second-order valence-electron chi connectivity index (χ2n) is 7.96. The summed E-state index contributed by atoms with van der Waals surface area (Å²) < 4.78 is 11.6. The number of carbonyl (C=O) groups excluding carboxylic acids is 2. The highest BCUT2D eigenvalue weighted by molar-refractivity contribution is 6.23. The number of hydrogen-bond donors (Lipinski definition) is 1. The molecule has 5 rings (SSSR count). The quantitative estimate of drug-likeness (QED) is 0.761. The molecule has 31 heavy (non-hydrogen) atoms. The number of fused-ring (bicyclic) bond motifs is 2. The zero-order chi connectivity index (χ0) is 21.5. The minimum atomic E-state index is -0.408. The average molecular weight is 415 g/mol. The fraction of sp³-hybridized carbons (Fsp3) is 0.308. The molecule has 1 unspecified atom stereocenters. The van der Waals surface area contributed by atoms with Gasteiger partial charge in [-0.3, -0.25) is 9.59 Å². The van der Waals surface area contributed by atoms with Crippen molar-refractivity contribution in [1.82, 2.24) is 5.32 Å². The number of carbonyl (C=O) groups is 2. The first-order valence-electron chi connectivity index (χ1n) is 10.9. The molecular formula is C26H25NO4. The highest BCUT2D eigenvalue weighted by Gasteiger charge is 2.43. The van der Waals surface area contributed by atoms with Gasteiger partial charge in [-0.05, 0) is 44.4 Å². The van der Waals surface area contributed by atoms with E-state index in [2.05, 4.69) is 5.32 Å². The van der Waals surface area contributed by atoms with Gasteiger partial charge in [0.05, 0.1) is 18.9 Å². The molecule has 0 fully saturated rings. The van der Waals surface area contributed by atoms with Crippen molar-refractivity contribution >= 4 is 17.3 Å². The average Bonchev–Trinajstić information content (AvgIpc) is 3.06. The molecule has 158 valence electrons. The molecule has 5 heteroatoms. The fourth-order valence-corrected chi connectivity index (χ4v) is 4.92. The third-order valence-corrected chi connectivity index (χ3v) is 6.17. The standard InChI is InChI=1S/C26H25NO4/c1-3-30-20-13-12-15(14-21(20)31-4-2)22-23-18(10-7-11-19(23)28)27-25-16-8-5-6-9-17(16)26(29)24(22)25/h5-6,8-9,12-14,22,27H,3-4,7,10-11H2,1-2H3. The van der Waals surface area contributed by atoms with Crippen molar-refractivity contribution in [2.75, 3.05) is 13.2 Å². The monoisotopic (exact) mass is 415 g/mol. The van der Waals surface area contributed by atoms with Gasteiger partial charge in [0.2, 0.25) is 0 Å². The summed E-state index contributed by atoms with van der Waals surface area (Å²) in [5, 5.41) is 3.47. The van der Waals surface area contributed by atoms with Crippen LogP contribution in [0.15, 0.2) is 59.3 Å². The first kappa shape index (κ1) is 19.6. The van der Waals surface area contributed by atoms with Crippen LogP contribution in [-0.4, -0.2) is 24.8 Å². The number of hydrogen-bond acceptors (Lipinski definition) is 5. The third kappa shape index (κ3) is 3.07. The maximum atomic E-state index is 13.5. The van der Waals surface area contributed by atoms with Gasteiger partial charge in [-0.2, -0.15) is 0 Å². The normalized spacial score (nSPS) is 19.6. The lowest BCUT2D eigenvalue weighted by Crippen LogP contribution is -2.31. The molecule has 0 amide bonds. The number of allylic oxidation sites excluding steroid dienone is 3. The Morgan fingerprint density at radius 2 is 1.65 bits per heavy atom. The van der Waals surface area contributed by atoms with Crippen LogP contribution in [0.25, 0.3) is 5.70 Å². The number of nitrogens with one attached hydrogen (secondary N) is 1. The van der Waals surface area contributed by atoms with E-state index < -0.39 is 5.92 Å². The van der Waals surface area contributed by atoms with Gasteiger partial charge in [0.15, 0.2) is 23.1 Å². The van der Waals surface area contributed by atoms with Crippen LogP contribution in [0.3, 0.4) is 0 Å². The maximum Gasteiger partial charge on any atom is 0.192 e. The van der Waals surface area contributed by atoms with E-state index in [9.17, 15) is 9.59 Å². The largest absolute Gasteiger partial charge is 0.490 e. The van der Waals surface area contributed by atoms with Crippen LogP contribution in [0.5, 0.6) is 11.5 Å². The number of rotatable bonds is 5. The van der Waals surface area contributed by atoms with Gasteiger partial charge >= 0.3 is 0 Å². The summed E-state index contributed by atoms with van der Waals surface area (Å²) >= 11 is 0. The van der Waals surface area contributed by atoms with Gasteiger partial charge in [-0.15, -0.1) is 0 Å². The van der Waals surface area contributed by atoms with Crippen LogP contribution in [0.2, 0.25) is 0 Å². The first-order valence-corrected chi connectivity index (χ1v) is 10.9. The lowest BCUT2D eigenvalue weighted by molar-refractivity contribution is -0.116. The Bertz CT molecular complexity index is 1160. The van der Waals surface area contributed by atoms with E-state index in [-0.39, 0.29) is 11.6 Å². The smallest absolute Gasteiger partial charge is 0.192 e. The molecule has 0 bridgehead atoms. The number of ether oxygens (including phenoxy) is 2. The highest BCUT2D eigenvalue weighted by Crippen LogP contribution is 2.49. The minimum Gasteiger partial charge on any atom is -0.490 e. The van der Waals surface area contributed by atoms with E-state index in [1.54, 1.807) is 0 Å². The molecular weight excluding hydrogens is 390 g/mol. The molecule has 0 saturated carbocycles. The van der Waals surface area contributed by atoms with Gasteiger partial charge < -0.3 is 14.8 Å². The van der Waals surface area contributed by atoms with Crippen molar-refractivity contribution in [2.45, 2.75) is 39.0 Å². The summed E-state index contributed by atoms with van der Waals surface area (Å²) in [6, 6.07) is 13.4. The molecule has 0 aromatic heterocycles. The van der Waals surface area contributed by atoms with E-state index in [0.717, 1.165) is 40.9 Å². The van der Waals surface area contributed by atoms with Crippen LogP contribution in [0.4, 0.5) is 0 Å². The molecule has 3 aliphatic rings. The molecule has 2 aliphatic carbocycles. The lowest BCUT2D eigenvalue weighted by atomic mass is 9.75. The van der Waals surface area contributed by atoms with Crippen molar-refractivity contribution in [3.63, 3.8) is 0 Å². The summed E-state index contributed by atoms with van der Waals surface area (Å²) in [6.45, 7) is 4.89. The Kier molecular flexibility index (Phi) is 4.89. The Labute approximate surface area is 181 Å². The summed E-state index contributed by atoms with van der Waals surface area (Å²) in [4.78, 5) is 26.6. The van der Waals surface area contributed by atoms with Crippen LogP contribution >= 0.6 is 0 Å². The maximum absolute atomic E-state index is 13.5. The van der Waals surface area contributed by atoms with Gasteiger partial charge in [0.25, 0.3) is 0 Å². The summed E-state index contributed by atoms with van der Waals surface area (Å²) in [6.07, 6.45) is 2.14. The molecule has 0 saturated heterocycles. The number of ketones is 2. The van der Waals surface area contributed by atoms with E-state index in [0.29, 0.717) is 42.3 Å². The van der Waals surface area contributed by atoms with Crippen LogP contribution < -0.4 is 14.8 Å². The number of benzene rings is 2. The number of dihydropyridines is 1. The predicted octanol–water partition coefficient (Wildman–Crippen LogP) is 4.79. The molecule has 2 aromatic rings. The Balaban J connectivity index is 1.70. The minimum absolute atomic E-state index is 0.0140. The Morgan fingerprint density at radius 3 is 2.42 bits per heavy atom. The summed E-state index contributed by atoms with van der Waals surface area (Å²) in [5.41, 5.74) is 5.63. The molecule has 1 heterocycles. The topological polar surface area (TPSA) is 64.6 Å².